The van der Waals surface area contributed by atoms with Crippen molar-refractivity contribution >= 4 is 18.1 Å². The maximum absolute atomic E-state index is 13.9. The summed E-state index contributed by atoms with van der Waals surface area (Å²) in [6.45, 7) is 3.65. The molecule has 2 rings (SSSR count). The summed E-state index contributed by atoms with van der Waals surface area (Å²) in [4.78, 5) is 24.8. The molecular formula is C24H24F2O5. The zero-order valence-corrected chi connectivity index (χ0v) is 17.8. The van der Waals surface area contributed by atoms with Crippen molar-refractivity contribution in [1.82, 2.24) is 0 Å². The molecule has 0 aliphatic carbocycles. The van der Waals surface area contributed by atoms with E-state index in [9.17, 15) is 18.4 Å². The van der Waals surface area contributed by atoms with Crippen LogP contribution in [0.1, 0.15) is 45.7 Å². The van der Waals surface area contributed by atoms with Crippen molar-refractivity contribution in [1.29, 1.82) is 0 Å². The van der Waals surface area contributed by atoms with Crippen LogP contribution in [0, 0.1) is 11.6 Å². The van der Waals surface area contributed by atoms with E-state index < -0.39 is 17.4 Å². The molecule has 0 N–H and O–H groups in total. The third-order valence-corrected chi connectivity index (χ3v) is 4.39. The lowest BCUT2D eigenvalue weighted by Crippen LogP contribution is -2.11. The largest absolute Gasteiger partial charge is 0.496 e. The van der Waals surface area contributed by atoms with E-state index >= 15 is 0 Å². The molecule has 0 radical (unpaired) electrons. The highest BCUT2D eigenvalue weighted by atomic mass is 19.1. The molecular weight excluding hydrogens is 406 g/mol. The fraction of sp³-hybridized carbons (Fsp3) is 0.250. The average molecular weight is 430 g/mol. The molecule has 0 amide bonds. The van der Waals surface area contributed by atoms with Gasteiger partial charge in [0.1, 0.15) is 28.7 Å². The Hall–Kier alpha value is -3.32. The molecule has 7 heteroatoms. The van der Waals surface area contributed by atoms with Gasteiger partial charge < -0.3 is 14.2 Å². The van der Waals surface area contributed by atoms with Gasteiger partial charge in [-0.25, -0.2) is 8.78 Å². The molecule has 0 fully saturated rings. The van der Waals surface area contributed by atoms with E-state index in [2.05, 4.69) is 0 Å². The zero-order valence-electron chi connectivity index (χ0n) is 17.8. The summed E-state index contributed by atoms with van der Waals surface area (Å²) in [6, 6.07) is 4.51. The standard InChI is InChI=1S/C24H24F2O5/c1-15(2)5-9-19-17(13-27)11-22(30-4)23(24(19)31-14-29-3)21(28)10-7-16-6-8-18(25)12-20(16)26/h5-8,10-13H,9,14H2,1-4H3. The highest BCUT2D eigenvalue weighted by Crippen LogP contribution is 2.36. The number of ether oxygens (including phenoxy) is 3. The van der Waals surface area contributed by atoms with E-state index in [1.807, 2.05) is 19.9 Å². The Bertz CT molecular complexity index is 1020. The lowest BCUT2D eigenvalue weighted by Gasteiger charge is -2.18. The number of benzene rings is 2. The maximum Gasteiger partial charge on any atom is 0.193 e. The van der Waals surface area contributed by atoms with Gasteiger partial charge in [0.2, 0.25) is 0 Å². The minimum Gasteiger partial charge on any atom is -0.496 e. The summed E-state index contributed by atoms with van der Waals surface area (Å²) in [7, 11) is 2.79. The van der Waals surface area contributed by atoms with Gasteiger partial charge in [0.15, 0.2) is 18.9 Å². The Morgan fingerprint density at radius 2 is 1.84 bits per heavy atom. The lowest BCUT2D eigenvalue weighted by molar-refractivity contribution is 0.0494. The minimum absolute atomic E-state index is 0.0438. The molecule has 2 aromatic rings. The number of ketones is 1. The van der Waals surface area contributed by atoms with Gasteiger partial charge in [0.05, 0.1) is 7.11 Å². The van der Waals surface area contributed by atoms with Gasteiger partial charge in [-0.15, -0.1) is 0 Å². The summed E-state index contributed by atoms with van der Waals surface area (Å²) in [5, 5.41) is 0. The molecule has 0 saturated carbocycles. The maximum atomic E-state index is 13.9. The molecule has 0 spiro atoms. The van der Waals surface area contributed by atoms with Crippen molar-refractivity contribution in [3.8, 4) is 11.5 Å². The van der Waals surface area contributed by atoms with Crippen LogP contribution < -0.4 is 9.47 Å². The van der Waals surface area contributed by atoms with Gasteiger partial charge in [-0.1, -0.05) is 11.6 Å². The highest BCUT2D eigenvalue weighted by Gasteiger charge is 2.24. The Balaban J connectivity index is 2.62. The number of hydrogen-bond donors (Lipinski definition) is 0. The van der Waals surface area contributed by atoms with Crippen LogP contribution in [0.15, 0.2) is 42.0 Å². The van der Waals surface area contributed by atoms with Crippen LogP contribution in [0.5, 0.6) is 11.5 Å². The van der Waals surface area contributed by atoms with E-state index in [4.69, 9.17) is 14.2 Å². The fourth-order valence-electron chi connectivity index (χ4n) is 2.87. The van der Waals surface area contributed by atoms with Crippen molar-refractivity contribution in [2.24, 2.45) is 0 Å². The molecule has 0 saturated heterocycles. The topological polar surface area (TPSA) is 61.8 Å². The molecule has 0 aromatic heterocycles. The van der Waals surface area contributed by atoms with E-state index in [0.717, 1.165) is 23.8 Å². The van der Waals surface area contributed by atoms with E-state index in [1.165, 1.54) is 32.4 Å². The average Bonchev–Trinajstić information content (AvgIpc) is 2.74. The van der Waals surface area contributed by atoms with Crippen molar-refractivity contribution in [2.75, 3.05) is 21.0 Å². The number of halogens is 2. The third kappa shape index (κ3) is 6.08. The molecule has 164 valence electrons. The molecule has 31 heavy (non-hydrogen) atoms. The second kappa shape index (κ2) is 11.2. The normalized spacial score (nSPS) is 10.8. The van der Waals surface area contributed by atoms with Crippen LogP contribution in [0.25, 0.3) is 6.08 Å². The minimum atomic E-state index is -0.799. The number of hydrogen-bond acceptors (Lipinski definition) is 5. The number of allylic oxidation sites excluding steroid dienone is 3. The Morgan fingerprint density at radius 1 is 1.10 bits per heavy atom. The van der Waals surface area contributed by atoms with Gasteiger partial charge in [0.25, 0.3) is 0 Å². The second-order valence-corrected chi connectivity index (χ2v) is 6.87. The van der Waals surface area contributed by atoms with Crippen molar-refractivity contribution in [3.63, 3.8) is 0 Å². The number of carbonyl (C=O) groups is 2. The molecule has 2 aromatic carbocycles. The van der Waals surface area contributed by atoms with Gasteiger partial charge in [-0.3, -0.25) is 9.59 Å². The lowest BCUT2D eigenvalue weighted by atomic mass is 9.95. The fourth-order valence-corrected chi connectivity index (χ4v) is 2.87. The molecule has 0 atom stereocenters. The van der Waals surface area contributed by atoms with Crippen LogP contribution in [0.3, 0.4) is 0 Å². The summed E-state index contributed by atoms with van der Waals surface area (Å²) >= 11 is 0. The number of rotatable bonds is 10. The Kier molecular flexibility index (Phi) is 8.63. The summed E-state index contributed by atoms with van der Waals surface area (Å²) in [5.41, 5.74) is 1.94. The van der Waals surface area contributed by atoms with Crippen LogP contribution in [0.2, 0.25) is 0 Å². The van der Waals surface area contributed by atoms with Crippen LogP contribution >= 0.6 is 0 Å². The van der Waals surface area contributed by atoms with Gasteiger partial charge in [-0.05, 0) is 50.6 Å². The number of carbonyl (C=O) groups excluding carboxylic acids is 2. The summed E-state index contributed by atoms with van der Waals surface area (Å²) in [5.74, 6) is -1.78. The van der Waals surface area contributed by atoms with Crippen LogP contribution in [-0.4, -0.2) is 33.1 Å². The van der Waals surface area contributed by atoms with Crippen LogP contribution in [-0.2, 0) is 11.2 Å². The monoisotopic (exact) mass is 430 g/mol. The van der Waals surface area contributed by atoms with Gasteiger partial charge in [-0.2, -0.15) is 0 Å². The first-order chi connectivity index (χ1) is 14.8. The smallest absolute Gasteiger partial charge is 0.193 e. The highest BCUT2D eigenvalue weighted by molar-refractivity contribution is 6.11. The predicted molar refractivity (Wildman–Crippen MR) is 114 cm³/mol. The van der Waals surface area contributed by atoms with E-state index in [-0.39, 0.29) is 29.4 Å². The molecule has 5 nitrogen and oxygen atoms in total. The number of aldehydes is 1. The van der Waals surface area contributed by atoms with Crippen LogP contribution in [0.4, 0.5) is 8.78 Å². The molecule has 0 bridgehead atoms. The predicted octanol–water partition coefficient (Wildman–Crippen LogP) is 5.17. The second-order valence-electron chi connectivity index (χ2n) is 6.87. The molecule has 0 unspecified atom stereocenters. The Morgan fingerprint density at radius 3 is 2.42 bits per heavy atom. The summed E-state index contributed by atoms with van der Waals surface area (Å²) < 4.78 is 43.0. The van der Waals surface area contributed by atoms with Gasteiger partial charge in [0, 0.05) is 29.9 Å². The van der Waals surface area contributed by atoms with E-state index in [0.29, 0.717) is 23.8 Å². The molecule has 0 aliphatic rings. The third-order valence-electron chi connectivity index (χ3n) is 4.39. The molecule has 0 aliphatic heterocycles. The first-order valence-electron chi connectivity index (χ1n) is 9.44. The molecule has 0 heterocycles. The Labute approximate surface area is 179 Å². The van der Waals surface area contributed by atoms with Gasteiger partial charge >= 0.3 is 0 Å². The number of methoxy groups -OCH3 is 2. The van der Waals surface area contributed by atoms with Crippen molar-refractivity contribution in [3.05, 3.63) is 75.9 Å². The quantitative estimate of drug-likeness (QED) is 0.171. The summed E-state index contributed by atoms with van der Waals surface area (Å²) in [6.07, 6.45) is 5.27. The van der Waals surface area contributed by atoms with E-state index in [1.54, 1.807) is 0 Å². The first kappa shape index (κ1) is 24.0. The van der Waals surface area contributed by atoms with Crippen molar-refractivity contribution in [2.45, 2.75) is 20.3 Å². The first-order valence-corrected chi connectivity index (χ1v) is 9.44. The SMILES string of the molecule is COCOc1c(CC=C(C)C)c(C=O)cc(OC)c1C(=O)C=Cc1ccc(F)cc1F. The zero-order chi connectivity index (χ0) is 23.0. The van der Waals surface area contributed by atoms with Crippen molar-refractivity contribution < 1.29 is 32.6 Å².